The molecule has 0 bridgehead atoms. The standard InChI is InChI=1S/C15H23ClN2O2/c1-11(19)7-8-17-14(20)18-10-15(2,3)12-5-4-6-13(16)9-12/h4-6,9,11,19H,7-8,10H2,1-3H3,(H2,17,18,20). The van der Waals surface area contributed by atoms with Gasteiger partial charge in [-0.25, -0.2) is 4.79 Å². The van der Waals surface area contributed by atoms with Gasteiger partial charge in [-0.2, -0.15) is 0 Å². The summed E-state index contributed by atoms with van der Waals surface area (Å²) in [6, 6.07) is 7.42. The molecule has 1 aromatic rings. The number of aliphatic hydroxyl groups excluding tert-OH is 1. The van der Waals surface area contributed by atoms with E-state index >= 15 is 0 Å². The summed E-state index contributed by atoms with van der Waals surface area (Å²) in [4.78, 5) is 11.6. The van der Waals surface area contributed by atoms with Crippen molar-refractivity contribution in [1.29, 1.82) is 0 Å². The van der Waals surface area contributed by atoms with E-state index < -0.39 is 6.10 Å². The number of carbonyl (C=O) groups is 1. The maximum atomic E-state index is 11.6. The molecule has 0 fully saturated rings. The van der Waals surface area contributed by atoms with Crippen LogP contribution in [0.15, 0.2) is 24.3 Å². The molecule has 4 nitrogen and oxygen atoms in total. The van der Waals surface area contributed by atoms with Gasteiger partial charge in [-0.05, 0) is 31.0 Å². The lowest BCUT2D eigenvalue weighted by molar-refractivity contribution is 0.183. The average molecular weight is 299 g/mol. The van der Waals surface area contributed by atoms with Gasteiger partial charge in [0.1, 0.15) is 0 Å². The molecular weight excluding hydrogens is 276 g/mol. The molecule has 0 heterocycles. The summed E-state index contributed by atoms with van der Waals surface area (Å²) in [7, 11) is 0. The molecule has 2 amide bonds. The van der Waals surface area contributed by atoms with Crippen LogP contribution in [0.1, 0.15) is 32.8 Å². The second-order valence-electron chi connectivity index (χ2n) is 5.64. The number of hydrogen-bond donors (Lipinski definition) is 3. The van der Waals surface area contributed by atoms with E-state index in [1.165, 1.54) is 0 Å². The zero-order chi connectivity index (χ0) is 15.2. The second kappa shape index (κ2) is 7.50. The lowest BCUT2D eigenvalue weighted by Crippen LogP contribution is -2.42. The Morgan fingerprint density at radius 3 is 2.70 bits per heavy atom. The zero-order valence-electron chi connectivity index (χ0n) is 12.2. The third kappa shape index (κ3) is 5.80. The van der Waals surface area contributed by atoms with Crippen molar-refractivity contribution < 1.29 is 9.90 Å². The molecular formula is C15H23ClN2O2. The van der Waals surface area contributed by atoms with Crippen molar-refractivity contribution in [2.75, 3.05) is 13.1 Å². The van der Waals surface area contributed by atoms with E-state index in [2.05, 4.69) is 24.5 Å². The average Bonchev–Trinajstić information content (AvgIpc) is 2.36. The van der Waals surface area contributed by atoms with Crippen molar-refractivity contribution in [1.82, 2.24) is 10.6 Å². The largest absolute Gasteiger partial charge is 0.393 e. The van der Waals surface area contributed by atoms with Crippen LogP contribution in [0.4, 0.5) is 4.79 Å². The molecule has 0 saturated heterocycles. The normalized spacial score (nSPS) is 12.8. The molecule has 0 radical (unpaired) electrons. The molecule has 0 spiro atoms. The number of amides is 2. The Bertz CT molecular complexity index is 447. The van der Waals surface area contributed by atoms with Gasteiger partial charge in [0.15, 0.2) is 0 Å². The molecule has 3 N–H and O–H groups in total. The van der Waals surface area contributed by atoms with Crippen LogP contribution in [0.2, 0.25) is 5.02 Å². The maximum absolute atomic E-state index is 11.6. The number of aliphatic hydroxyl groups is 1. The fraction of sp³-hybridized carbons (Fsp3) is 0.533. The van der Waals surface area contributed by atoms with Crippen LogP contribution in [0.3, 0.4) is 0 Å². The van der Waals surface area contributed by atoms with E-state index in [0.717, 1.165) is 5.56 Å². The molecule has 0 aliphatic rings. The molecule has 0 saturated carbocycles. The first-order valence-electron chi connectivity index (χ1n) is 6.77. The molecule has 5 heteroatoms. The van der Waals surface area contributed by atoms with Crippen molar-refractivity contribution in [2.24, 2.45) is 0 Å². The summed E-state index contributed by atoms with van der Waals surface area (Å²) >= 11 is 5.99. The fourth-order valence-corrected chi connectivity index (χ4v) is 1.96. The first-order valence-corrected chi connectivity index (χ1v) is 7.15. The minimum atomic E-state index is -0.404. The Kier molecular flexibility index (Phi) is 6.30. The van der Waals surface area contributed by atoms with Crippen LogP contribution >= 0.6 is 11.6 Å². The number of hydrogen-bond acceptors (Lipinski definition) is 2. The summed E-state index contributed by atoms with van der Waals surface area (Å²) < 4.78 is 0. The molecule has 1 rings (SSSR count). The molecule has 1 atom stereocenters. The molecule has 0 aromatic heterocycles. The highest BCUT2D eigenvalue weighted by Gasteiger charge is 2.21. The van der Waals surface area contributed by atoms with Crippen LogP contribution in [0.25, 0.3) is 0 Å². The first kappa shape index (κ1) is 16.8. The Balaban J connectivity index is 2.45. The van der Waals surface area contributed by atoms with E-state index in [-0.39, 0.29) is 11.4 Å². The number of urea groups is 1. The smallest absolute Gasteiger partial charge is 0.314 e. The van der Waals surface area contributed by atoms with Gasteiger partial charge in [0.25, 0.3) is 0 Å². The zero-order valence-corrected chi connectivity index (χ0v) is 13.0. The Labute approximate surface area is 125 Å². The number of halogens is 1. The van der Waals surface area contributed by atoms with Crippen LogP contribution in [0, 0.1) is 0 Å². The Morgan fingerprint density at radius 2 is 2.10 bits per heavy atom. The maximum Gasteiger partial charge on any atom is 0.314 e. The van der Waals surface area contributed by atoms with E-state index in [1.54, 1.807) is 6.92 Å². The van der Waals surface area contributed by atoms with Crippen LogP contribution in [0.5, 0.6) is 0 Å². The quantitative estimate of drug-likeness (QED) is 0.756. The third-order valence-corrected chi connectivity index (χ3v) is 3.38. The first-order chi connectivity index (χ1) is 9.31. The lowest BCUT2D eigenvalue weighted by Gasteiger charge is -2.26. The third-order valence-electron chi connectivity index (χ3n) is 3.14. The van der Waals surface area contributed by atoms with Crippen molar-refractivity contribution in [3.05, 3.63) is 34.9 Å². The highest BCUT2D eigenvalue weighted by Crippen LogP contribution is 2.24. The summed E-state index contributed by atoms with van der Waals surface area (Å²) in [6.07, 6.45) is 0.142. The topological polar surface area (TPSA) is 61.4 Å². The van der Waals surface area contributed by atoms with E-state index in [0.29, 0.717) is 24.5 Å². The van der Waals surface area contributed by atoms with Crippen LogP contribution in [-0.4, -0.2) is 30.3 Å². The van der Waals surface area contributed by atoms with Crippen molar-refractivity contribution in [3.8, 4) is 0 Å². The number of rotatable bonds is 6. The lowest BCUT2D eigenvalue weighted by atomic mass is 9.85. The molecule has 20 heavy (non-hydrogen) atoms. The van der Waals surface area contributed by atoms with Gasteiger partial charge in [0, 0.05) is 23.5 Å². The molecule has 0 aliphatic carbocycles. The fourth-order valence-electron chi connectivity index (χ4n) is 1.77. The Morgan fingerprint density at radius 1 is 1.40 bits per heavy atom. The summed E-state index contributed by atoms with van der Waals surface area (Å²) in [6.45, 7) is 6.76. The SMILES string of the molecule is CC(O)CCNC(=O)NCC(C)(C)c1cccc(Cl)c1. The monoisotopic (exact) mass is 298 g/mol. The number of nitrogens with one attached hydrogen (secondary N) is 2. The number of carbonyl (C=O) groups excluding carboxylic acids is 1. The summed E-state index contributed by atoms with van der Waals surface area (Å²) in [5, 5.41) is 15.4. The van der Waals surface area contributed by atoms with Crippen molar-refractivity contribution in [2.45, 2.75) is 38.7 Å². The van der Waals surface area contributed by atoms with Crippen LogP contribution in [-0.2, 0) is 5.41 Å². The minimum Gasteiger partial charge on any atom is -0.393 e. The summed E-state index contributed by atoms with van der Waals surface area (Å²) in [5.41, 5.74) is 0.876. The van der Waals surface area contributed by atoms with Gasteiger partial charge in [-0.1, -0.05) is 37.6 Å². The highest BCUT2D eigenvalue weighted by atomic mass is 35.5. The molecule has 1 aromatic carbocycles. The van der Waals surface area contributed by atoms with Gasteiger partial charge in [-0.15, -0.1) is 0 Å². The summed E-state index contributed by atoms with van der Waals surface area (Å²) in [5.74, 6) is 0. The predicted molar refractivity (Wildman–Crippen MR) is 82.2 cm³/mol. The van der Waals surface area contributed by atoms with Gasteiger partial charge < -0.3 is 15.7 Å². The van der Waals surface area contributed by atoms with Gasteiger partial charge in [0.05, 0.1) is 6.10 Å². The van der Waals surface area contributed by atoms with E-state index in [1.807, 2.05) is 24.3 Å². The highest BCUT2D eigenvalue weighted by molar-refractivity contribution is 6.30. The number of benzene rings is 1. The molecule has 0 aliphatic heterocycles. The van der Waals surface area contributed by atoms with Gasteiger partial charge in [-0.3, -0.25) is 0 Å². The van der Waals surface area contributed by atoms with Crippen LogP contribution < -0.4 is 10.6 Å². The molecule has 1 unspecified atom stereocenters. The molecule has 112 valence electrons. The van der Waals surface area contributed by atoms with Crippen molar-refractivity contribution >= 4 is 17.6 Å². The van der Waals surface area contributed by atoms with Crippen molar-refractivity contribution in [3.63, 3.8) is 0 Å². The van der Waals surface area contributed by atoms with E-state index in [9.17, 15) is 4.79 Å². The second-order valence-corrected chi connectivity index (χ2v) is 6.08. The Hall–Kier alpha value is -1.26. The minimum absolute atomic E-state index is 0.202. The van der Waals surface area contributed by atoms with E-state index in [4.69, 9.17) is 16.7 Å². The van der Waals surface area contributed by atoms with Gasteiger partial charge >= 0.3 is 6.03 Å². The predicted octanol–water partition coefficient (Wildman–Crippen LogP) is 2.69. The van der Waals surface area contributed by atoms with Gasteiger partial charge in [0.2, 0.25) is 0 Å².